The summed E-state index contributed by atoms with van der Waals surface area (Å²) >= 11 is 0. The lowest BCUT2D eigenvalue weighted by atomic mass is 10.2. The summed E-state index contributed by atoms with van der Waals surface area (Å²) in [6.45, 7) is 0.544. The van der Waals surface area contributed by atoms with Gasteiger partial charge in [0.05, 0.1) is 23.2 Å². The molecule has 1 fully saturated rings. The Kier molecular flexibility index (Phi) is 4.46. The highest BCUT2D eigenvalue weighted by atomic mass is 19.1. The van der Waals surface area contributed by atoms with Crippen molar-refractivity contribution in [1.29, 1.82) is 0 Å². The fourth-order valence-corrected chi connectivity index (χ4v) is 2.26. The number of benzene rings is 1. The molecule has 1 unspecified atom stereocenters. The Bertz CT molecular complexity index is 501. The Morgan fingerprint density at radius 1 is 1.45 bits per heavy atom. The summed E-state index contributed by atoms with van der Waals surface area (Å²) in [5.74, 6) is -0.703. The van der Waals surface area contributed by atoms with Crippen LogP contribution in [0.2, 0.25) is 0 Å². The molecule has 2 rings (SSSR count). The number of nitro benzene ring substituents is 1. The van der Waals surface area contributed by atoms with E-state index in [4.69, 9.17) is 0 Å². The quantitative estimate of drug-likeness (QED) is 0.664. The Hall–Kier alpha value is -1.80. The van der Waals surface area contributed by atoms with Crippen LogP contribution in [0.3, 0.4) is 0 Å². The predicted octanol–water partition coefficient (Wildman–Crippen LogP) is 1.14. The second-order valence-corrected chi connectivity index (χ2v) is 4.54. The zero-order chi connectivity index (χ0) is 14.7. The third kappa shape index (κ3) is 3.02. The van der Waals surface area contributed by atoms with E-state index in [2.05, 4.69) is 0 Å². The van der Waals surface area contributed by atoms with Crippen molar-refractivity contribution in [3.63, 3.8) is 0 Å². The van der Waals surface area contributed by atoms with Crippen molar-refractivity contribution in [2.75, 3.05) is 37.8 Å². The molecule has 1 aromatic rings. The maximum atomic E-state index is 13.9. The SMILES string of the molecule is O=[N+]([O-])c1ccc(N2CCN(CCF)C(O)C2)c(F)c1. The number of β-amino-alcohol motifs (C(OH)–C–C–N with tert-alkyl or cyclic N) is 1. The Morgan fingerprint density at radius 3 is 2.75 bits per heavy atom. The van der Waals surface area contributed by atoms with E-state index in [0.29, 0.717) is 13.1 Å². The lowest BCUT2D eigenvalue weighted by molar-refractivity contribution is -0.385. The van der Waals surface area contributed by atoms with Gasteiger partial charge in [-0.1, -0.05) is 0 Å². The second-order valence-electron chi connectivity index (χ2n) is 4.54. The molecular formula is C12H15F2N3O3. The summed E-state index contributed by atoms with van der Waals surface area (Å²) < 4.78 is 26.1. The molecule has 1 aromatic carbocycles. The monoisotopic (exact) mass is 287 g/mol. The second kappa shape index (κ2) is 6.10. The van der Waals surface area contributed by atoms with Crippen LogP contribution in [0.1, 0.15) is 0 Å². The Morgan fingerprint density at radius 2 is 2.20 bits per heavy atom. The van der Waals surface area contributed by atoms with Gasteiger partial charge in [0.15, 0.2) is 5.82 Å². The van der Waals surface area contributed by atoms with Gasteiger partial charge in [0.1, 0.15) is 12.9 Å². The van der Waals surface area contributed by atoms with Gasteiger partial charge < -0.3 is 10.0 Å². The molecule has 1 saturated heterocycles. The van der Waals surface area contributed by atoms with Crippen LogP contribution in [0.4, 0.5) is 20.2 Å². The van der Waals surface area contributed by atoms with E-state index in [0.717, 1.165) is 6.07 Å². The molecule has 0 saturated carbocycles. The fraction of sp³-hybridized carbons (Fsp3) is 0.500. The molecular weight excluding hydrogens is 272 g/mol. The molecule has 8 heteroatoms. The largest absolute Gasteiger partial charge is 0.376 e. The third-order valence-electron chi connectivity index (χ3n) is 3.32. The smallest absolute Gasteiger partial charge is 0.272 e. The molecule has 0 bridgehead atoms. The summed E-state index contributed by atoms with van der Waals surface area (Å²) in [6, 6.07) is 3.40. The number of piperazine rings is 1. The molecule has 0 amide bonds. The van der Waals surface area contributed by atoms with Gasteiger partial charge in [0.2, 0.25) is 0 Å². The molecule has 0 spiro atoms. The summed E-state index contributed by atoms with van der Waals surface area (Å²) in [4.78, 5) is 13.0. The fourth-order valence-electron chi connectivity index (χ4n) is 2.26. The molecule has 1 aliphatic rings. The lowest BCUT2D eigenvalue weighted by Crippen LogP contribution is -2.53. The minimum atomic E-state index is -0.880. The van der Waals surface area contributed by atoms with Crippen molar-refractivity contribution in [1.82, 2.24) is 4.90 Å². The van der Waals surface area contributed by atoms with Gasteiger partial charge in [-0.15, -0.1) is 0 Å². The number of alkyl halides is 1. The minimum absolute atomic E-state index is 0.134. The first-order valence-corrected chi connectivity index (χ1v) is 6.20. The zero-order valence-corrected chi connectivity index (χ0v) is 10.7. The average molecular weight is 287 g/mol. The summed E-state index contributed by atoms with van der Waals surface area (Å²) in [5.41, 5.74) is -0.114. The number of aliphatic hydroxyl groups is 1. The van der Waals surface area contributed by atoms with Crippen LogP contribution < -0.4 is 4.90 Å². The van der Waals surface area contributed by atoms with Crippen LogP contribution >= 0.6 is 0 Å². The van der Waals surface area contributed by atoms with Crippen molar-refractivity contribution in [2.24, 2.45) is 0 Å². The van der Waals surface area contributed by atoms with Gasteiger partial charge in [0, 0.05) is 25.7 Å². The van der Waals surface area contributed by atoms with E-state index < -0.39 is 23.6 Å². The van der Waals surface area contributed by atoms with Crippen molar-refractivity contribution >= 4 is 11.4 Å². The van der Waals surface area contributed by atoms with E-state index >= 15 is 0 Å². The number of nitrogens with zero attached hydrogens (tertiary/aromatic N) is 3. The third-order valence-corrected chi connectivity index (χ3v) is 3.32. The molecule has 0 aromatic heterocycles. The predicted molar refractivity (Wildman–Crippen MR) is 68.8 cm³/mol. The van der Waals surface area contributed by atoms with Crippen LogP contribution in [0, 0.1) is 15.9 Å². The number of hydrogen-bond acceptors (Lipinski definition) is 5. The maximum Gasteiger partial charge on any atom is 0.272 e. The maximum absolute atomic E-state index is 13.9. The topological polar surface area (TPSA) is 69.9 Å². The number of anilines is 1. The first-order chi connectivity index (χ1) is 9.52. The van der Waals surface area contributed by atoms with Gasteiger partial charge in [-0.25, -0.2) is 8.78 Å². The summed E-state index contributed by atoms with van der Waals surface area (Å²) in [6.07, 6.45) is -0.880. The number of aliphatic hydroxyl groups excluding tert-OH is 1. The van der Waals surface area contributed by atoms with Gasteiger partial charge in [-0.05, 0) is 6.07 Å². The van der Waals surface area contributed by atoms with Crippen LogP contribution in [0.25, 0.3) is 0 Å². The molecule has 6 nitrogen and oxygen atoms in total. The normalized spacial score (nSPS) is 20.1. The lowest BCUT2D eigenvalue weighted by Gasteiger charge is -2.39. The molecule has 1 heterocycles. The Balaban J connectivity index is 2.11. The Labute approximate surface area is 114 Å². The number of non-ortho nitro benzene ring substituents is 1. The first kappa shape index (κ1) is 14.6. The molecule has 0 radical (unpaired) electrons. The molecule has 1 N–H and O–H groups in total. The van der Waals surface area contributed by atoms with Gasteiger partial charge in [-0.3, -0.25) is 15.0 Å². The number of hydrogen-bond donors (Lipinski definition) is 1. The van der Waals surface area contributed by atoms with Crippen LogP contribution in [0.15, 0.2) is 18.2 Å². The van der Waals surface area contributed by atoms with Crippen molar-refractivity contribution in [3.8, 4) is 0 Å². The molecule has 1 atom stereocenters. The standard InChI is InChI=1S/C12H15F2N3O3/c13-3-4-15-5-6-16(8-12(15)18)11-2-1-9(17(19)20)7-10(11)14/h1-2,7,12,18H,3-6,8H2. The first-order valence-electron chi connectivity index (χ1n) is 6.20. The highest BCUT2D eigenvalue weighted by Gasteiger charge is 2.26. The van der Waals surface area contributed by atoms with E-state index in [1.54, 1.807) is 9.80 Å². The average Bonchev–Trinajstić information content (AvgIpc) is 2.41. The van der Waals surface area contributed by atoms with Gasteiger partial charge >= 0.3 is 0 Å². The molecule has 110 valence electrons. The number of halogens is 2. The van der Waals surface area contributed by atoms with Crippen LogP contribution in [-0.2, 0) is 0 Å². The summed E-state index contributed by atoms with van der Waals surface area (Å²) in [7, 11) is 0. The highest BCUT2D eigenvalue weighted by Crippen LogP contribution is 2.25. The molecule has 1 aliphatic heterocycles. The van der Waals surface area contributed by atoms with Crippen molar-refractivity contribution in [3.05, 3.63) is 34.1 Å². The minimum Gasteiger partial charge on any atom is -0.376 e. The van der Waals surface area contributed by atoms with Crippen molar-refractivity contribution < 1.29 is 18.8 Å². The highest BCUT2D eigenvalue weighted by molar-refractivity contribution is 5.52. The van der Waals surface area contributed by atoms with Crippen molar-refractivity contribution in [2.45, 2.75) is 6.23 Å². The van der Waals surface area contributed by atoms with E-state index in [1.807, 2.05) is 0 Å². The number of rotatable bonds is 4. The molecule has 20 heavy (non-hydrogen) atoms. The van der Waals surface area contributed by atoms with Gasteiger partial charge in [0.25, 0.3) is 5.69 Å². The van der Waals surface area contributed by atoms with E-state index in [-0.39, 0.29) is 24.5 Å². The van der Waals surface area contributed by atoms with E-state index in [9.17, 15) is 24.0 Å². The van der Waals surface area contributed by atoms with Crippen LogP contribution in [-0.4, -0.2) is 54.0 Å². The molecule has 0 aliphatic carbocycles. The van der Waals surface area contributed by atoms with Gasteiger partial charge in [-0.2, -0.15) is 0 Å². The van der Waals surface area contributed by atoms with E-state index in [1.165, 1.54) is 12.1 Å². The summed E-state index contributed by atoms with van der Waals surface area (Å²) in [5, 5.41) is 20.4. The zero-order valence-electron chi connectivity index (χ0n) is 10.7. The number of nitro groups is 1. The van der Waals surface area contributed by atoms with Crippen LogP contribution in [0.5, 0.6) is 0 Å².